The summed E-state index contributed by atoms with van der Waals surface area (Å²) in [5.41, 5.74) is 5.16. The van der Waals surface area contributed by atoms with Crippen molar-refractivity contribution in [1.82, 2.24) is 14.6 Å². The second kappa shape index (κ2) is 3.47. The van der Waals surface area contributed by atoms with Gasteiger partial charge in [0.2, 0.25) is 0 Å². The van der Waals surface area contributed by atoms with Gasteiger partial charge in [0.25, 0.3) is 0 Å². The number of benzene rings is 1. The standard InChI is InChI=1S/C9H9N5S/c1-2-7(12-14-5-4-10-6-14)9-8(3-1)15-13-11-9/h1-3,6,12H,4-5H2. The first-order valence-corrected chi connectivity index (χ1v) is 5.45. The topological polar surface area (TPSA) is 53.4 Å². The number of nitrogens with one attached hydrogen (secondary N) is 1. The number of hydrogen-bond acceptors (Lipinski definition) is 6. The second-order valence-electron chi connectivity index (χ2n) is 3.25. The van der Waals surface area contributed by atoms with Gasteiger partial charge in [-0.3, -0.25) is 15.4 Å². The first-order chi connectivity index (χ1) is 7.43. The van der Waals surface area contributed by atoms with Gasteiger partial charge < -0.3 is 0 Å². The van der Waals surface area contributed by atoms with Crippen molar-refractivity contribution in [2.45, 2.75) is 0 Å². The lowest BCUT2D eigenvalue weighted by Gasteiger charge is -2.16. The molecule has 0 aliphatic carbocycles. The highest BCUT2D eigenvalue weighted by Crippen LogP contribution is 2.23. The maximum Gasteiger partial charge on any atom is 0.130 e. The molecule has 1 aliphatic rings. The van der Waals surface area contributed by atoms with Crippen molar-refractivity contribution in [3.05, 3.63) is 18.2 Å². The van der Waals surface area contributed by atoms with Crippen molar-refractivity contribution >= 4 is 33.8 Å². The molecule has 0 saturated carbocycles. The van der Waals surface area contributed by atoms with Gasteiger partial charge in [0.05, 0.1) is 23.5 Å². The number of hydrogen-bond donors (Lipinski definition) is 1. The van der Waals surface area contributed by atoms with E-state index in [1.54, 1.807) is 6.34 Å². The van der Waals surface area contributed by atoms with Crippen LogP contribution in [-0.4, -0.2) is 34.0 Å². The fourth-order valence-corrected chi connectivity index (χ4v) is 2.10. The third-order valence-electron chi connectivity index (χ3n) is 2.23. The number of fused-ring (bicyclic) bond motifs is 1. The van der Waals surface area contributed by atoms with Gasteiger partial charge >= 0.3 is 0 Å². The van der Waals surface area contributed by atoms with Gasteiger partial charge in [-0.1, -0.05) is 10.6 Å². The molecule has 0 amide bonds. The summed E-state index contributed by atoms with van der Waals surface area (Å²) in [5, 5.41) is 6.05. The molecule has 1 N–H and O–H groups in total. The molecule has 1 aromatic carbocycles. The van der Waals surface area contributed by atoms with Gasteiger partial charge in [-0.25, -0.2) is 0 Å². The van der Waals surface area contributed by atoms with Gasteiger partial charge in [0.15, 0.2) is 0 Å². The number of rotatable bonds is 2. The fourth-order valence-electron chi connectivity index (χ4n) is 1.51. The third-order valence-corrected chi connectivity index (χ3v) is 2.92. The van der Waals surface area contributed by atoms with E-state index in [0.717, 1.165) is 29.0 Å². The minimum atomic E-state index is 0.846. The molecule has 76 valence electrons. The number of hydrazine groups is 1. The number of anilines is 1. The highest BCUT2D eigenvalue weighted by Gasteiger charge is 2.09. The molecule has 3 rings (SSSR count). The van der Waals surface area contributed by atoms with Gasteiger partial charge in [-0.2, -0.15) is 0 Å². The van der Waals surface area contributed by atoms with Crippen molar-refractivity contribution in [3.63, 3.8) is 0 Å². The Morgan fingerprint density at radius 1 is 1.40 bits per heavy atom. The van der Waals surface area contributed by atoms with Gasteiger partial charge in [0, 0.05) is 0 Å². The summed E-state index contributed by atoms with van der Waals surface area (Å²) in [6.45, 7) is 1.74. The zero-order chi connectivity index (χ0) is 10.1. The number of nitrogens with zero attached hydrogens (tertiary/aromatic N) is 4. The lowest BCUT2D eigenvalue weighted by Crippen LogP contribution is -2.26. The number of aromatic nitrogens is 2. The predicted molar refractivity (Wildman–Crippen MR) is 61.1 cm³/mol. The van der Waals surface area contributed by atoms with Gasteiger partial charge in [-0.05, 0) is 23.7 Å². The lowest BCUT2D eigenvalue weighted by molar-refractivity contribution is 0.558. The van der Waals surface area contributed by atoms with Gasteiger partial charge in [-0.15, -0.1) is 5.10 Å². The largest absolute Gasteiger partial charge is 0.295 e. The molecule has 15 heavy (non-hydrogen) atoms. The first-order valence-electron chi connectivity index (χ1n) is 4.68. The minimum absolute atomic E-state index is 0.846. The zero-order valence-electron chi connectivity index (χ0n) is 7.92. The van der Waals surface area contributed by atoms with Crippen LogP contribution in [0.1, 0.15) is 0 Å². The summed E-state index contributed by atoms with van der Waals surface area (Å²) in [6, 6.07) is 6.01. The van der Waals surface area contributed by atoms with E-state index in [9.17, 15) is 0 Å². The van der Waals surface area contributed by atoms with E-state index in [4.69, 9.17) is 0 Å². The molecular formula is C9H9N5S. The summed E-state index contributed by atoms with van der Waals surface area (Å²) in [6.07, 6.45) is 1.80. The Kier molecular flexibility index (Phi) is 1.99. The van der Waals surface area contributed by atoms with Crippen LogP contribution in [0.3, 0.4) is 0 Å². The highest BCUT2D eigenvalue weighted by atomic mass is 32.1. The highest BCUT2D eigenvalue weighted by molar-refractivity contribution is 7.13. The second-order valence-corrected chi connectivity index (χ2v) is 4.04. The average molecular weight is 219 g/mol. The van der Waals surface area contributed by atoms with Crippen LogP contribution in [-0.2, 0) is 0 Å². The molecule has 0 radical (unpaired) electrons. The van der Waals surface area contributed by atoms with Gasteiger partial charge in [0.1, 0.15) is 11.9 Å². The van der Waals surface area contributed by atoms with E-state index in [1.165, 1.54) is 11.5 Å². The summed E-state index contributed by atoms with van der Waals surface area (Å²) < 4.78 is 5.03. The summed E-state index contributed by atoms with van der Waals surface area (Å²) >= 11 is 1.41. The Balaban J connectivity index is 1.95. The van der Waals surface area contributed by atoms with Crippen LogP contribution in [0.4, 0.5) is 5.69 Å². The maximum atomic E-state index is 4.13. The van der Waals surface area contributed by atoms with Crippen molar-refractivity contribution < 1.29 is 0 Å². The molecule has 0 bridgehead atoms. The maximum absolute atomic E-state index is 4.13. The molecule has 1 aliphatic heterocycles. The summed E-state index contributed by atoms with van der Waals surface area (Å²) in [7, 11) is 0. The van der Waals surface area contributed by atoms with E-state index < -0.39 is 0 Å². The van der Waals surface area contributed by atoms with E-state index in [2.05, 4.69) is 20.0 Å². The van der Waals surface area contributed by atoms with E-state index in [0.29, 0.717) is 0 Å². The SMILES string of the molecule is C1=NCCN1Nc1cccc2snnc12. The average Bonchev–Trinajstić information content (AvgIpc) is 2.87. The molecule has 0 fully saturated rings. The Morgan fingerprint density at radius 2 is 2.40 bits per heavy atom. The molecule has 6 heteroatoms. The third kappa shape index (κ3) is 1.52. The van der Waals surface area contributed by atoms with E-state index >= 15 is 0 Å². The first kappa shape index (κ1) is 8.60. The minimum Gasteiger partial charge on any atom is -0.295 e. The molecule has 2 heterocycles. The molecule has 0 spiro atoms. The monoisotopic (exact) mass is 219 g/mol. The van der Waals surface area contributed by atoms with Crippen molar-refractivity contribution in [2.24, 2.45) is 4.99 Å². The quantitative estimate of drug-likeness (QED) is 0.828. The Hall–Kier alpha value is -1.69. The zero-order valence-corrected chi connectivity index (χ0v) is 8.74. The van der Waals surface area contributed by atoms with Crippen LogP contribution < -0.4 is 5.43 Å². The van der Waals surface area contributed by atoms with E-state index in [1.807, 2.05) is 23.2 Å². The molecule has 0 saturated heterocycles. The van der Waals surface area contributed by atoms with Crippen molar-refractivity contribution in [3.8, 4) is 0 Å². The van der Waals surface area contributed by atoms with Crippen LogP contribution in [0.5, 0.6) is 0 Å². The van der Waals surface area contributed by atoms with E-state index in [-0.39, 0.29) is 0 Å². The number of aliphatic imine (C=N–C) groups is 1. The lowest BCUT2D eigenvalue weighted by atomic mass is 10.3. The molecule has 1 aromatic heterocycles. The van der Waals surface area contributed by atoms with Crippen LogP contribution in [0.2, 0.25) is 0 Å². The predicted octanol–water partition coefficient (Wildman–Crippen LogP) is 1.36. The summed E-state index contributed by atoms with van der Waals surface area (Å²) in [5.74, 6) is 0. The molecule has 0 atom stereocenters. The molecule has 5 nitrogen and oxygen atoms in total. The van der Waals surface area contributed by atoms with Crippen LogP contribution in [0.15, 0.2) is 23.2 Å². The molecule has 2 aromatic rings. The van der Waals surface area contributed by atoms with Crippen LogP contribution in [0, 0.1) is 0 Å². The van der Waals surface area contributed by atoms with Crippen LogP contribution in [0.25, 0.3) is 10.2 Å². The van der Waals surface area contributed by atoms with Crippen molar-refractivity contribution in [2.75, 3.05) is 18.5 Å². The van der Waals surface area contributed by atoms with Crippen molar-refractivity contribution in [1.29, 1.82) is 0 Å². The smallest absolute Gasteiger partial charge is 0.130 e. The Labute approximate surface area is 90.6 Å². The summed E-state index contributed by atoms with van der Waals surface area (Å²) in [4.78, 5) is 4.13. The fraction of sp³-hybridized carbons (Fsp3) is 0.222. The Bertz CT molecular complexity index is 506. The molecular weight excluding hydrogens is 210 g/mol. The Morgan fingerprint density at radius 3 is 3.27 bits per heavy atom. The normalized spacial score (nSPS) is 15.1. The van der Waals surface area contributed by atoms with Crippen LogP contribution >= 0.6 is 11.5 Å². The molecule has 0 unspecified atom stereocenters.